The maximum absolute atomic E-state index is 13.2. The molecule has 0 radical (unpaired) electrons. The standard InChI is InChI=1S/C19H12Cl2FN5S/c20-11-3-15(21)14-6-13(8-23)27(17(14)4-11)2-1-24-19-7-16(25-10-26-19)18-5-12(22)9-28-18/h3-7,9-10H,1-2H2,(H,24,25,26). The van der Waals surface area contributed by atoms with Gasteiger partial charge in [-0.1, -0.05) is 23.2 Å². The minimum Gasteiger partial charge on any atom is -0.368 e. The molecule has 0 fully saturated rings. The molecule has 0 aliphatic carbocycles. The van der Waals surface area contributed by atoms with Gasteiger partial charge in [0, 0.05) is 34.9 Å². The lowest BCUT2D eigenvalue weighted by atomic mass is 10.2. The fraction of sp³-hybridized carbons (Fsp3) is 0.105. The first-order valence-corrected chi connectivity index (χ1v) is 9.87. The quantitative estimate of drug-likeness (QED) is 0.447. The van der Waals surface area contributed by atoms with Gasteiger partial charge in [-0.3, -0.25) is 0 Å². The average molecular weight is 432 g/mol. The predicted octanol–water partition coefficient (Wildman–Crippen LogP) is 5.59. The van der Waals surface area contributed by atoms with Crippen LogP contribution >= 0.6 is 34.5 Å². The van der Waals surface area contributed by atoms with E-state index in [1.165, 1.54) is 29.1 Å². The summed E-state index contributed by atoms with van der Waals surface area (Å²) >= 11 is 13.6. The molecule has 0 bridgehead atoms. The van der Waals surface area contributed by atoms with Gasteiger partial charge in [0.15, 0.2) is 0 Å². The minimum atomic E-state index is -0.283. The summed E-state index contributed by atoms with van der Waals surface area (Å²) < 4.78 is 15.1. The number of nitriles is 1. The van der Waals surface area contributed by atoms with E-state index in [-0.39, 0.29) is 5.82 Å². The number of nitrogens with zero attached hydrogens (tertiary/aromatic N) is 4. The molecule has 5 nitrogen and oxygen atoms in total. The molecule has 3 heterocycles. The highest BCUT2D eigenvalue weighted by Crippen LogP contribution is 2.30. The number of hydrogen-bond acceptors (Lipinski definition) is 5. The summed E-state index contributed by atoms with van der Waals surface area (Å²) in [6, 6.07) is 10.6. The third-order valence-electron chi connectivity index (χ3n) is 4.18. The van der Waals surface area contributed by atoms with E-state index in [2.05, 4.69) is 21.4 Å². The Morgan fingerprint density at radius 2 is 2.04 bits per heavy atom. The molecule has 4 rings (SSSR count). The van der Waals surface area contributed by atoms with Crippen molar-refractivity contribution in [1.82, 2.24) is 14.5 Å². The van der Waals surface area contributed by atoms with Gasteiger partial charge in [0.2, 0.25) is 0 Å². The minimum absolute atomic E-state index is 0.283. The Morgan fingerprint density at radius 1 is 1.18 bits per heavy atom. The van der Waals surface area contributed by atoms with Gasteiger partial charge in [-0.15, -0.1) is 11.3 Å². The van der Waals surface area contributed by atoms with Crippen LogP contribution in [-0.2, 0) is 6.54 Å². The Balaban J connectivity index is 1.54. The number of halogens is 3. The van der Waals surface area contributed by atoms with Crippen LogP contribution in [0.1, 0.15) is 5.69 Å². The Labute approximate surface area is 174 Å². The van der Waals surface area contributed by atoms with Crippen molar-refractivity contribution >= 4 is 51.3 Å². The topological polar surface area (TPSA) is 66.5 Å². The van der Waals surface area contributed by atoms with Crippen LogP contribution in [-0.4, -0.2) is 21.1 Å². The molecule has 0 unspecified atom stereocenters. The van der Waals surface area contributed by atoms with Crippen molar-refractivity contribution < 1.29 is 4.39 Å². The van der Waals surface area contributed by atoms with Crippen molar-refractivity contribution in [2.45, 2.75) is 6.54 Å². The number of benzene rings is 1. The molecule has 1 N–H and O–H groups in total. The summed E-state index contributed by atoms with van der Waals surface area (Å²) in [7, 11) is 0. The first-order chi connectivity index (χ1) is 13.5. The molecule has 0 atom stereocenters. The first-order valence-electron chi connectivity index (χ1n) is 8.24. The molecule has 0 saturated heterocycles. The van der Waals surface area contributed by atoms with Crippen molar-refractivity contribution in [2.75, 3.05) is 11.9 Å². The van der Waals surface area contributed by atoms with Gasteiger partial charge < -0.3 is 9.88 Å². The van der Waals surface area contributed by atoms with E-state index in [4.69, 9.17) is 23.2 Å². The monoisotopic (exact) mass is 431 g/mol. The number of rotatable bonds is 5. The van der Waals surface area contributed by atoms with Gasteiger partial charge in [0.1, 0.15) is 29.7 Å². The fourth-order valence-corrected chi connectivity index (χ4v) is 4.21. The number of fused-ring (bicyclic) bond motifs is 1. The second-order valence-corrected chi connectivity index (χ2v) is 7.71. The second-order valence-electron chi connectivity index (χ2n) is 5.96. The number of thiophene rings is 1. The van der Waals surface area contributed by atoms with E-state index in [0.717, 1.165) is 15.8 Å². The third kappa shape index (κ3) is 3.67. The van der Waals surface area contributed by atoms with Crippen LogP contribution in [0.2, 0.25) is 10.0 Å². The largest absolute Gasteiger partial charge is 0.368 e. The van der Waals surface area contributed by atoms with Gasteiger partial charge in [-0.25, -0.2) is 14.4 Å². The van der Waals surface area contributed by atoms with E-state index >= 15 is 0 Å². The molecule has 140 valence electrons. The van der Waals surface area contributed by atoms with E-state index in [1.54, 1.807) is 24.3 Å². The summed E-state index contributed by atoms with van der Waals surface area (Å²) in [4.78, 5) is 9.11. The van der Waals surface area contributed by atoms with Crippen molar-refractivity contribution in [3.05, 3.63) is 63.6 Å². The summed E-state index contributed by atoms with van der Waals surface area (Å²) in [5, 5.41) is 15.9. The normalized spacial score (nSPS) is 10.9. The third-order valence-corrected chi connectivity index (χ3v) is 5.63. The molecule has 0 aliphatic rings. The lowest BCUT2D eigenvalue weighted by Gasteiger charge is -2.10. The van der Waals surface area contributed by atoms with Crippen LogP contribution in [0.5, 0.6) is 0 Å². The van der Waals surface area contributed by atoms with Crippen molar-refractivity contribution in [2.24, 2.45) is 0 Å². The zero-order valence-corrected chi connectivity index (χ0v) is 16.6. The van der Waals surface area contributed by atoms with Crippen LogP contribution < -0.4 is 5.32 Å². The zero-order valence-electron chi connectivity index (χ0n) is 14.3. The summed E-state index contributed by atoms with van der Waals surface area (Å²) in [6.07, 6.45) is 1.43. The van der Waals surface area contributed by atoms with Gasteiger partial charge in [-0.05, 0) is 24.3 Å². The smallest absolute Gasteiger partial charge is 0.134 e. The lowest BCUT2D eigenvalue weighted by molar-refractivity contribution is 0.633. The molecular formula is C19H12Cl2FN5S. The van der Waals surface area contributed by atoms with Gasteiger partial charge in [0.25, 0.3) is 0 Å². The molecule has 0 aliphatic heterocycles. The van der Waals surface area contributed by atoms with Crippen molar-refractivity contribution in [3.8, 4) is 16.6 Å². The number of aromatic nitrogens is 3. The highest BCUT2D eigenvalue weighted by Gasteiger charge is 2.12. The Bertz CT molecular complexity index is 1210. The van der Waals surface area contributed by atoms with Crippen molar-refractivity contribution in [1.29, 1.82) is 5.26 Å². The fourth-order valence-electron chi connectivity index (χ4n) is 2.95. The first kappa shape index (κ1) is 18.7. The van der Waals surface area contributed by atoms with E-state index in [1.807, 2.05) is 4.57 Å². The highest BCUT2D eigenvalue weighted by atomic mass is 35.5. The average Bonchev–Trinajstić information content (AvgIpc) is 3.26. The highest BCUT2D eigenvalue weighted by molar-refractivity contribution is 7.13. The molecule has 0 spiro atoms. The predicted molar refractivity (Wildman–Crippen MR) is 110 cm³/mol. The maximum Gasteiger partial charge on any atom is 0.134 e. The molecule has 0 amide bonds. The van der Waals surface area contributed by atoms with Crippen molar-refractivity contribution in [3.63, 3.8) is 0 Å². The van der Waals surface area contributed by atoms with Crippen LogP contribution in [0, 0.1) is 17.1 Å². The molecule has 1 aromatic carbocycles. The molecule has 9 heteroatoms. The number of nitrogens with one attached hydrogen (secondary N) is 1. The van der Waals surface area contributed by atoms with Gasteiger partial charge in [-0.2, -0.15) is 5.26 Å². The maximum atomic E-state index is 13.2. The number of hydrogen-bond donors (Lipinski definition) is 1. The van der Waals surface area contributed by atoms with E-state index < -0.39 is 0 Å². The molecule has 28 heavy (non-hydrogen) atoms. The van der Waals surface area contributed by atoms with Crippen LogP contribution in [0.3, 0.4) is 0 Å². The molecular weight excluding hydrogens is 420 g/mol. The van der Waals surface area contributed by atoms with Gasteiger partial charge >= 0.3 is 0 Å². The molecule has 0 saturated carbocycles. The number of anilines is 1. The van der Waals surface area contributed by atoms with Gasteiger partial charge in [0.05, 0.1) is 21.1 Å². The van der Waals surface area contributed by atoms with E-state index in [0.29, 0.717) is 40.3 Å². The molecule has 4 aromatic rings. The summed E-state index contributed by atoms with van der Waals surface area (Å²) in [6.45, 7) is 1.02. The van der Waals surface area contributed by atoms with Crippen LogP contribution in [0.15, 0.2) is 42.0 Å². The Morgan fingerprint density at radius 3 is 2.79 bits per heavy atom. The summed E-state index contributed by atoms with van der Waals surface area (Å²) in [5.74, 6) is 0.332. The zero-order chi connectivity index (χ0) is 19.7. The summed E-state index contributed by atoms with van der Waals surface area (Å²) in [5.41, 5.74) is 1.95. The second kappa shape index (κ2) is 7.76. The van der Waals surface area contributed by atoms with E-state index in [9.17, 15) is 9.65 Å². The lowest BCUT2D eigenvalue weighted by Crippen LogP contribution is -2.12. The molecule has 3 aromatic heterocycles. The van der Waals surface area contributed by atoms with Crippen LogP contribution in [0.25, 0.3) is 21.5 Å². The van der Waals surface area contributed by atoms with Crippen LogP contribution in [0.4, 0.5) is 10.2 Å². The Hall–Kier alpha value is -2.66. The SMILES string of the molecule is N#Cc1cc2c(Cl)cc(Cl)cc2n1CCNc1cc(-c2cc(F)cs2)ncn1. The Kier molecular flexibility index (Phi) is 5.18.